The minimum Gasteiger partial charge on any atom is -0.484 e. The predicted octanol–water partition coefficient (Wildman–Crippen LogP) is 2.12. The maximum Gasteiger partial charge on any atom is 0.257 e. The molecule has 106 valence electrons. The van der Waals surface area contributed by atoms with Gasteiger partial charge in [0.25, 0.3) is 5.91 Å². The van der Waals surface area contributed by atoms with Gasteiger partial charge in [0.2, 0.25) is 0 Å². The van der Waals surface area contributed by atoms with Crippen LogP contribution in [0.15, 0.2) is 28.7 Å². The number of halogens is 2. The van der Waals surface area contributed by atoms with Crippen molar-refractivity contribution in [2.75, 3.05) is 19.7 Å². The van der Waals surface area contributed by atoms with E-state index in [1.165, 1.54) is 6.42 Å². The van der Waals surface area contributed by atoms with E-state index in [0.717, 1.165) is 17.4 Å². The van der Waals surface area contributed by atoms with Gasteiger partial charge in [0.1, 0.15) is 5.75 Å². The average molecular weight is 350 g/mol. The zero-order valence-electron chi connectivity index (χ0n) is 10.5. The summed E-state index contributed by atoms with van der Waals surface area (Å²) in [6, 6.07) is 7.85. The monoisotopic (exact) mass is 348 g/mol. The smallest absolute Gasteiger partial charge is 0.257 e. The summed E-state index contributed by atoms with van der Waals surface area (Å²) in [5, 5.41) is 6.20. The van der Waals surface area contributed by atoms with Crippen molar-refractivity contribution in [3.63, 3.8) is 0 Å². The van der Waals surface area contributed by atoms with Gasteiger partial charge in [-0.1, -0.05) is 15.9 Å². The van der Waals surface area contributed by atoms with Gasteiger partial charge in [-0.3, -0.25) is 4.79 Å². The number of amides is 1. The van der Waals surface area contributed by atoms with Crippen LogP contribution in [-0.2, 0) is 4.79 Å². The summed E-state index contributed by atoms with van der Waals surface area (Å²) in [7, 11) is 0. The molecule has 1 aliphatic rings. The fraction of sp³-hybridized carbons (Fsp3) is 0.462. The first-order chi connectivity index (χ1) is 8.74. The highest BCUT2D eigenvalue weighted by molar-refractivity contribution is 9.10. The minimum atomic E-state index is -0.0772. The van der Waals surface area contributed by atoms with Crippen molar-refractivity contribution in [2.45, 2.75) is 18.9 Å². The number of hydrogen-bond acceptors (Lipinski definition) is 3. The molecule has 0 aliphatic carbocycles. The third-order valence-corrected chi connectivity index (χ3v) is 3.42. The Labute approximate surface area is 127 Å². The zero-order valence-corrected chi connectivity index (χ0v) is 12.9. The molecule has 2 rings (SSSR count). The molecule has 1 aromatic rings. The van der Waals surface area contributed by atoms with E-state index in [1.54, 1.807) is 0 Å². The lowest BCUT2D eigenvalue weighted by atomic mass is 10.2. The zero-order chi connectivity index (χ0) is 12.8. The lowest BCUT2D eigenvalue weighted by Crippen LogP contribution is -2.39. The number of carbonyl (C=O) groups is 1. The SMILES string of the molecule is Cl.O=C(COc1ccc(Br)cc1)NCC1CCCN1. The van der Waals surface area contributed by atoms with Crippen molar-refractivity contribution in [2.24, 2.45) is 0 Å². The number of rotatable bonds is 5. The van der Waals surface area contributed by atoms with Crippen LogP contribution in [-0.4, -0.2) is 31.6 Å². The van der Waals surface area contributed by atoms with E-state index < -0.39 is 0 Å². The molecule has 1 aliphatic heterocycles. The highest BCUT2D eigenvalue weighted by Crippen LogP contribution is 2.15. The Morgan fingerprint density at radius 2 is 2.16 bits per heavy atom. The van der Waals surface area contributed by atoms with Crippen LogP contribution < -0.4 is 15.4 Å². The van der Waals surface area contributed by atoms with Gasteiger partial charge < -0.3 is 15.4 Å². The first kappa shape index (κ1) is 16.3. The van der Waals surface area contributed by atoms with E-state index in [9.17, 15) is 4.79 Å². The second kappa shape index (κ2) is 8.40. The van der Waals surface area contributed by atoms with Crippen molar-refractivity contribution >= 4 is 34.2 Å². The Morgan fingerprint density at radius 1 is 1.42 bits per heavy atom. The molecule has 0 aromatic heterocycles. The molecule has 1 fully saturated rings. The molecule has 4 nitrogen and oxygen atoms in total. The summed E-state index contributed by atoms with van der Waals surface area (Å²) in [5.74, 6) is 0.624. The van der Waals surface area contributed by atoms with Crippen LogP contribution in [0.5, 0.6) is 5.75 Å². The van der Waals surface area contributed by atoms with E-state index in [0.29, 0.717) is 18.3 Å². The maximum absolute atomic E-state index is 11.6. The van der Waals surface area contributed by atoms with E-state index in [2.05, 4.69) is 26.6 Å². The summed E-state index contributed by atoms with van der Waals surface area (Å²) in [6.45, 7) is 1.80. The maximum atomic E-state index is 11.6. The van der Waals surface area contributed by atoms with Crippen LogP contribution in [0.3, 0.4) is 0 Å². The normalized spacial score (nSPS) is 17.6. The van der Waals surface area contributed by atoms with Gasteiger partial charge in [0, 0.05) is 17.1 Å². The molecule has 1 atom stereocenters. The van der Waals surface area contributed by atoms with Gasteiger partial charge in [0.15, 0.2) is 6.61 Å². The van der Waals surface area contributed by atoms with Gasteiger partial charge >= 0.3 is 0 Å². The lowest BCUT2D eigenvalue weighted by molar-refractivity contribution is -0.123. The molecule has 0 radical (unpaired) electrons. The second-order valence-corrected chi connectivity index (χ2v) is 5.26. The molecule has 0 bridgehead atoms. The Balaban J connectivity index is 0.00000180. The van der Waals surface area contributed by atoms with Gasteiger partial charge in [0.05, 0.1) is 0 Å². The highest BCUT2D eigenvalue weighted by atomic mass is 79.9. The van der Waals surface area contributed by atoms with Crippen LogP contribution >= 0.6 is 28.3 Å². The van der Waals surface area contributed by atoms with Crippen molar-refractivity contribution in [1.82, 2.24) is 10.6 Å². The van der Waals surface area contributed by atoms with Crippen molar-refractivity contribution < 1.29 is 9.53 Å². The third kappa shape index (κ3) is 5.80. The number of hydrogen-bond donors (Lipinski definition) is 2. The molecule has 19 heavy (non-hydrogen) atoms. The van der Waals surface area contributed by atoms with E-state index in [4.69, 9.17) is 4.74 Å². The van der Waals surface area contributed by atoms with Crippen LogP contribution in [0.2, 0.25) is 0 Å². The number of nitrogens with one attached hydrogen (secondary N) is 2. The first-order valence-corrected chi connectivity index (χ1v) is 6.92. The largest absolute Gasteiger partial charge is 0.484 e. The van der Waals surface area contributed by atoms with Crippen LogP contribution in [0.25, 0.3) is 0 Å². The molecule has 2 N–H and O–H groups in total. The Bertz CT molecular complexity index is 394. The fourth-order valence-corrected chi connectivity index (χ4v) is 2.16. The quantitative estimate of drug-likeness (QED) is 0.856. The fourth-order valence-electron chi connectivity index (χ4n) is 1.90. The Morgan fingerprint density at radius 3 is 2.79 bits per heavy atom. The minimum absolute atomic E-state index is 0. The molecule has 1 heterocycles. The summed E-state index contributed by atoms with van der Waals surface area (Å²) in [6.07, 6.45) is 2.32. The Hall–Kier alpha value is -0.780. The Kier molecular flexibility index (Phi) is 7.20. The van der Waals surface area contributed by atoms with Gasteiger partial charge in [-0.25, -0.2) is 0 Å². The molecular formula is C13H18BrClN2O2. The van der Waals surface area contributed by atoms with E-state index in [-0.39, 0.29) is 24.9 Å². The molecule has 1 saturated heterocycles. The van der Waals surface area contributed by atoms with E-state index >= 15 is 0 Å². The van der Waals surface area contributed by atoms with Crippen molar-refractivity contribution in [1.29, 1.82) is 0 Å². The van der Waals surface area contributed by atoms with Crippen molar-refractivity contribution in [3.8, 4) is 5.75 Å². The molecule has 1 amide bonds. The molecule has 6 heteroatoms. The predicted molar refractivity (Wildman–Crippen MR) is 80.9 cm³/mol. The summed E-state index contributed by atoms with van der Waals surface area (Å²) >= 11 is 3.35. The molecule has 0 saturated carbocycles. The van der Waals surface area contributed by atoms with Crippen LogP contribution in [0.4, 0.5) is 0 Å². The van der Waals surface area contributed by atoms with E-state index in [1.807, 2.05) is 24.3 Å². The topological polar surface area (TPSA) is 50.4 Å². The van der Waals surface area contributed by atoms with Crippen LogP contribution in [0.1, 0.15) is 12.8 Å². The first-order valence-electron chi connectivity index (χ1n) is 6.12. The number of ether oxygens (including phenoxy) is 1. The third-order valence-electron chi connectivity index (χ3n) is 2.89. The molecule has 1 aromatic carbocycles. The van der Waals surface area contributed by atoms with Gasteiger partial charge in [-0.05, 0) is 43.7 Å². The molecule has 1 unspecified atom stereocenters. The number of benzene rings is 1. The summed E-state index contributed by atoms with van der Waals surface area (Å²) in [4.78, 5) is 11.6. The number of carbonyl (C=O) groups excluding carboxylic acids is 1. The van der Waals surface area contributed by atoms with Gasteiger partial charge in [-0.2, -0.15) is 0 Å². The lowest BCUT2D eigenvalue weighted by Gasteiger charge is -2.12. The van der Waals surface area contributed by atoms with Crippen LogP contribution in [0, 0.1) is 0 Å². The molecular weight excluding hydrogens is 332 g/mol. The summed E-state index contributed by atoms with van der Waals surface area (Å²) < 4.78 is 6.38. The average Bonchev–Trinajstić information content (AvgIpc) is 2.89. The second-order valence-electron chi connectivity index (χ2n) is 4.34. The highest BCUT2D eigenvalue weighted by Gasteiger charge is 2.14. The molecule has 0 spiro atoms. The standard InChI is InChI=1S/C13H17BrN2O2.ClH/c14-10-3-5-12(6-4-10)18-9-13(17)16-8-11-2-1-7-15-11;/h3-6,11,15H,1-2,7-9H2,(H,16,17);1H. The van der Waals surface area contributed by atoms with Gasteiger partial charge in [-0.15, -0.1) is 12.4 Å². The van der Waals surface area contributed by atoms with Crippen molar-refractivity contribution in [3.05, 3.63) is 28.7 Å². The summed E-state index contributed by atoms with van der Waals surface area (Å²) in [5.41, 5.74) is 0.